The molecule has 0 aromatic rings. The van der Waals surface area contributed by atoms with E-state index in [1.54, 1.807) is 5.57 Å². The van der Waals surface area contributed by atoms with Gasteiger partial charge in [0.15, 0.2) is 5.78 Å². The number of carbonyl (C=O) groups is 1. The first-order valence-corrected chi connectivity index (χ1v) is 8.78. The lowest BCUT2D eigenvalue weighted by molar-refractivity contribution is -0.114. The molecule has 0 saturated heterocycles. The summed E-state index contributed by atoms with van der Waals surface area (Å²) in [6.07, 6.45) is 15.5. The minimum absolute atomic E-state index is 0.225. The van der Waals surface area contributed by atoms with Crippen molar-refractivity contribution < 1.29 is 4.79 Å². The van der Waals surface area contributed by atoms with Crippen molar-refractivity contribution in [3.8, 4) is 0 Å². The monoisotopic (exact) mass is 294 g/mol. The molecule has 0 amide bonds. The molecule has 22 heavy (non-hydrogen) atoms. The number of carbonyl (C=O) groups excluding carboxylic acids is 1. The van der Waals surface area contributed by atoms with Gasteiger partial charge in [0.05, 0.1) is 0 Å². The van der Waals surface area contributed by atoms with Crippen LogP contribution in [-0.4, -0.2) is 5.78 Å². The van der Waals surface area contributed by atoms with Gasteiger partial charge >= 0.3 is 0 Å². The van der Waals surface area contributed by atoms with Crippen molar-refractivity contribution in [1.29, 1.82) is 0 Å². The highest BCUT2D eigenvalue weighted by Crippen LogP contribution is 2.64. The van der Waals surface area contributed by atoms with E-state index in [-0.39, 0.29) is 10.8 Å². The van der Waals surface area contributed by atoms with Gasteiger partial charge in [-0.1, -0.05) is 32.1 Å². The summed E-state index contributed by atoms with van der Waals surface area (Å²) < 4.78 is 0. The fraction of sp³-hybridized carbons (Fsp3) is 0.571. The normalized spacial score (nSPS) is 43.4. The van der Waals surface area contributed by atoms with Crippen molar-refractivity contribution in [1.82, 2.24) is 0 Å². The van der Waals surface area contributed by atoms with E-state index >= 15 is 0 Å². The van der Waals surface area contributed by atoms with E-state index in [4.69, 9.17) is 0 Å². The van der Waals surface area contributed by atoms with Crippen molar-refractivity contribution in [2.75, 3.05) is 0 Å². The molecule has 0 aromatic heterocycles. The van der Waals surface area contributed by atoms with Crippen molar-refractivity contribution in [3.63, 3.8) is 0 Å². The fourth-order valence-electron chi connectivity index (χ4n) is 5.61. The van der Waals surface area contributed by atoms with Gasteiger partial charge in [0.1, 0.15) is 0 Å². The van der Waals surface area contributed by atoms with Crippen molar-refractivity contribution >= 4 is 5.78 Å². The van der Waals surface area contributed by atoms with E-state index in [0.29, 0.717) is 18.1 Å². The Bertz CT molecular complexity index is 647. The molecule has 0 N–H and O–H groups in total. The van der Waals surface area contributed by atoms with Crippen LogP contribution in [0.4, 0.5) is 0 Å². The maximum Gasteiger partial charge on any atom is 0.156 e. The molecule has 1 heteroatoms. The van der Waals surface area contributed by atoms with Gasteiger partial charge in [-0.2, -0.15) is 0 Å². The zero-order chi connectivity index (χ0) is 15.5. The Morgan fingerprint density at radius 3 is 2.82 bits per heavy atom. The summed E-state index contributed by atoms with van der Waals surface area (Å²) in [5, 5.41) is 0. The second-order valence-electron chi connectivity index (χ2n) is 8.10. The maximum atomic E-state index is 11.7. The Kier molecular flexibility index (Phi) is 2.95. The lowest BCUT2D eigenvalue weighted by atomic mass is 9.55. The zero-order valence-corrected chi connectivity index (χ0v) is 13.8. The number of ketones is 1. The molecule has 4 rings (SSSR count). The smallest absolute Gasteiger partial charge is 0.156 e. The van der Waals surface area contributed by atoms with Crippen LogP contribution >= 0.6 is 0 Å². The molecule has 0 aromatic carbocycles. The lowest BCUT2D eigenvalue weighted by Crippen LogP contribution is -2.40. The SMILES string of the molecule is C=C[C@@]1(C)CC[C@H]2C3CCC4=CC(=O)CCC4=C3C=C[C@@]21C. The fourth-order valence-corrected chi connectivity index (χ4v) is 5.61. The molecule has 0 aliphatic heterocycles. The standard InChI is InChI=1S/C21H26O/c1-4-20(2)11-10-19-18-7-5-14-13-15(22)6-8-16(14)17(18)9-12-21(19,20)3/h4,9,12-13,18-19H,1,5-8,10-11H2,2-3H3/t18?,19-,20-,21-/m0/s1. The number of fused-ring (bicyclic) bond motifs is 4. The van der Waals surface area contributed by atoms with Gasteiger partial charge in [-0.3, -0.25) is 4.79 Å². The van der Waals surface area contributed by atoms with Crippen LogP contribution in [0.3, 0.4) is 0 Å². The molecular weight excluding hydrogens is 268 g/mol. The Hall–Kier alpha value is -1.37. The molecule has 4 aliphatic carbocycles. The van der Waals surface area contributed by atoms with E-state index in [0.717, 1.165) is 18.8 Å². The van der Waals surface area contributed by atoms with Crippen LogP contribution < -0.4 is 0 Å². The first-order chi connectivity index (χ1) is 10.5. The Morgan fingerprint density at radius 1 is 1.23 bits per heavy atom. The first kappa shape index (κ1) is 14.2. The summed E-state index contributed by atoms with van der Waals surface area (Å²) in [5.74, 6) is 1.75. The summed E-state index contributed by atoms with van der Waals surface area (Å²) >= 11 is 0. The number of rotatable bonds is 1. The predicted molar refractivity (Wildman–Crippen MR) is 90.3 cm³/mol. The molecule has 0 heterocycles. The molecule has 116 valence electrons. The highest BCUT2D eigenvalue weighted by atomic mass is 16.1. The first-order valence-electron chi connectivity index (χ1n) is 8.78. The molecule has 4 aliphatic rings. The predicted octanol–water partition coefficient (Wildman–Crippen LogP) is 5.16. The molecule has 1 nitrogen and oxygen atoms in total. The van der Waals surface area contributed by atoms with E-state index in [2.05, 4.69) is 38.7 Å². The second-order valence-corrected chi connectivity index (χ2v) is 8.10. The van der Waals surface area contributed by atoms with Crippen LogP contribution in [0.15, 0.2) is 47.6 Å². The van der Waals surface area contributed by atoms with Gasteiger partial charge < -0.3 is 0 Å². The summed E-state index contributed by atoms with van der Waals surface area (Å²) in [6, 6.07) is 0. The molecule has 0 spiro atoms. The van der Waals surface area contributed by atoms with Gasteiger partial charge in [-0.15, -0.1) is 6.58 Å². The number of hydrogen-bond donors (Lipinski definition) is 0. The topological polar surface area (TPSA) is 17.1 Å². The Morgan fingerprint density at radius 2 is 2.05 bits per heavy atom. The van der Waals surface area contributed by atoms with E-state index < -0.39 is 0 Å². The number of hydrogen-bond acceptors (Lipinski definition) is 1. The molecule has 1 fully saturated rings. The van der Waals surface area contributed by atoms with Crippen LogP contribution in [0.5, 0.6) is 0 Å². The van der Waals surface area contributed by atoms with Gasteiger partial charge in [0.25, 0.3) is 0 Å². The van der Waals surface area contributed by atoms with Crippen molar-refractivity contribution in [2.45, 2.75) is 52.4 Å². The molecule has 1 saturated carbocycles. The maximum absolute atomic E-state index is 11.7. The zero-order valence-electron chi connectivity index (χ0n) is 13.8. The van der Waals surface area contributed by atoms with E-state index in [1.165, 1.54) is 30.4 Å². The molecule has 4 atom stereocenters. The lowest BCUT2D eigenvalue weighted by Gasteiger charge is -2.48. The van der Waals surface area contributed by atoms with Gasteiger partial charge in [0, 0.05) is 6.42 Å². The van der Waals surface area contributed by atoms with Crippen LogP contribution in [0, 0.1) is 22.7 Å². The third-order valence-corrected chi connectivity index (χ3v) is 7.34. The minimum atomic E-state index is 0.225. The van der Waals surface area contributed by atoms with Crippen LogP contribution in [-0.2, 0) is 4.79 Å². The van der Waals surface area contributed by atoms with Gasteiger partial charge in [0.2, 0.25) is 0 Å². The van der Waals surface area contributed by atoms with Gasteiger partial charge in [-0.05, 0) is 77.6 Å². The third-order valence-electron chi connectivity index (χ3n) is 7.34. The highest BCUT2D eigenvalue weighted by molar-refractivity contribution is 5.93. The van der Waals surface area contributed by atoms with Crippen LogP contribution in [0.2, 0.25) is 0 Å². The molecule has 0 bridgehead atoms. The van der Waals surface area contributed by atoms with Crippen molar-refractivity contribution in [2.24, 2.45) is 22.7 Å². The Labute approximate surface area is 133 Å². The van der Waals surface area contributed by atoms with E-state index in [1.807, 2.05) is 6.08 Å². The highest BCUT2D eigenvalue weighted by Gasteiger charge is 2.56. The number of allylic oxidation sites excluding steroid dienone is 7. The Balaban J connectivity index is 1.83. The largest absolute Gasteiger partial charge is 0.295 e. The molecule has 0 radical (unpaired) electrons. The average molecular weight is 294 g/mol. The average Bonchev–Trinajstić information content (AvgIpc) is 2.79. The minimum Gasteiger partial charge on any atom is -0.295 e. The molecule has 1 unspecified atom stereocenters. The van der Waals surface area contributed by atoms with Crippen LogP contribution in [0.25, 0.3) is 0 Å². The molecular formula is C21H26O. The summed E-state index contributed by atoms with van der Waals surface area (Å²) in [6.45, 7) is 8.97. The second kappa shape index (κ2) is 4.57. The quantitative estimate of drug-likeness (QED) is 0.610. The van der Waals surface area contributed by atoms with Crippen LogP contribution in [0.1, 0.15) is 52.4 Å². The summed E-state index contributed by atoms with van der Waals surface area (Å²) in [5.41, 5.74) is 4.86. The van der Waals surface area contributed by atoms with E-state index in [9.17, 15) is 4.79 Å². The van der Waals surface area contributed by atoms with Crippen molar-refractivity contribution in [3.05, 3.63) is 47.6 Å². The summed E-state index contributed by atoms with van der Waals surface area (Å²) in [4.78, 5) is 11.7. The third kappa shape index (κ3) is 1.68. The van der Waals surface area contributed by atoms with Gasteiger partial charge in [-0.25, -0.2) is 0 Å². The summed E-state index contributed by atoms with van der Waals surface area (Å²) in [7, 11) is 0.